The van der Waals surface area contributed by atoms with E-state index in [0.29, 0.717) is 18.5 Å². The number of carbonyl (C=O) groups is 2. The number of carboxylic acid groups (broad SMARTS) is 1. The van der Waals surface area contributed by atoms with E-state index in [1.165, 1.54) is 0 Å². The maximum Gasteiger partial charge on any atom is 0.307 e. The van der Waals surface area contributed by atoms with Crippen molar-refractivity contribution in [3.63, 3.8) is 0 Å². The number of halogens is 1. The first-order valence-electron chi connectivity index (χ1n) is 6.37. The molecule has 19 heavy (non-hydrogen) atoms. The van der Waals surface area contributed by atoms with E-state index in [4.69, 9.17) is 0 Å². The molecular formula is C14H16BrNO3. The van der Waals surface area contributed by atoms with Gasteiger partial charge in [0, 0.05) is 10.2 Å². The number of benzene rings is 1. The van der Waals surface area contributed by atoms with Gasteiger partial charge in [0.25, 0.3) is 0 Å². The Labute approximate surface area is 120 Å². The second-order valence-electron chi connectivity index (χ2n) is 4.83. The first-order chi connectivity index (χ1) is 9.08. The zero-order chi connectivity index (χ0) is 13.8. The summed E-state index contributed by atoms with van der Waals surface area (Å²) in [6.45, 7) is 0. The van der Waals surface area contributed by atoms with Crippen molar-refractivity contribution >= 4 is 33.5 Å². The molecule has 0 bridgehead atoms. The number of carboxylic acids is 1. The number of aliphatic carboxylic acids is 1. The Morgan fingerprint density at radius 1 is 1.11 bits per heavy atom. The van der Waals surface area contributed by atoms with Crippen LogP contribution in [0.3, 0.4) is 0 Å². The fourth-order valence-corrected chi connectivity index (χ4v) is 2.77. The van der Waals surface area contributed by atoms with Crippen LogP contribution in [0.15, 0.2) is 28.7 Å². The molecule has 0 radical (unpaired) electrons. The molecule has 102 valence electrons. The molecule has 1 saturated carbocycles. The lowest BCUT2D eigenvalue weighted by atomic mass is 9.78. The van der Waals surface area contributed by atoms with Gasteiger partial charge >= 0.3 is 5.97 Å². The third-order valence-corrected chi connectivity index (χ3v) is 4.06. The number of nitrogens with one attached hydrogen (secondary N) is 1. The summed E-state index contributed by atoms with van der Waals surface area (Å²) in [6.07, 6.45) is 3.05. The molecule has 0 unspecified atom stereocenters. The van der Waals surface area contributed by atoms with Crippen LogP contribution in [0.1, 0.15) is 25.7 Å². The molecule has 4 nitrogen and oxygen atoms in total. The van der Waals surface area contributed by atoms with Crippen LogP contribution in [0.25, 0.3) is 0 Å². The van der Waals surface area contributed by atoms with Crippen LogP contribution in [-0.2, 0) is 9.59 Å². The number of carbonyl (C=O) groups excluding carboxylic acids is 1. The smallest absolute Gasteiger partial charge is 0.307 e. The summed E-state index contributed by atoms with van der Waals surface area (Å²) < 4.78 is 0.937. The van der Waals surface area contributed by atoms with Crippen LogP contribution in [0.4, 0.5) is 5.69 Å². The summed E-state index contributed by atoms with van der Waals surface area (Å²) in [5, 5.41) is 12.0. The summed E-state index contributed by atoms with van der Waals surface area (Å²) in [5.74, 6) is -2.02. The number of rotatable bonds is 3. The standard InChI is InChI=1S/C14H16BrNO3/c15-9-5-7-10(8-6-9)16-13(17)11-3-1-2-4-12(11)14(18)19/h5-8,11-12H,1-4H2,(H,16,17)(H,18,19)/t11-,12+/m0/s1. The van der Waals surface area contributed by atoms with E-state index in [0.717, 1.165) is 17.3 Å². The van der Waals surface area contributed by atoms with Crippen molar-refractivity contribution < 1.29 is 14.7 Å². The highest BCUT2D eigenvalue weighted by Crippen LogP contribution is 2.31. The summed E-state index contributed by atoms with van der Waals surface area (Å²) >= 11 is 3.33. The van der Waals surface area contributed by atoms with E-state index in [-0.39, 0.29) is 5.91 Å². The molecule has 2 N–H and O–H groups in total. The largest absolute Gasteiger partial charge is 0.481 e. The Balaban J connectivity index is 2.05. The maximum atomic E-state index is 12.2. The van der Waals surface area contributed by atoms with Gasteiger partial charge in [-0.3, -0.25) is 9.59 Å². The third kappa shape index (κ3) is 3.56. The first-order valence-corrected chi connectivity index (χ1v) is 7.16. The normalized spacial score (nSPS) is 22.8. The van der Waals surface area contributed by atoms with Crippen molar-refractivity contribution in [1.82, 2.24) is 0 Å². The van der Waals surface area contributed by atoms with Crippen molar-refractivity contribution in [2.75, 3.05) is 5.32 Å². The lowest BCUT2D eigenvalue weighted by Gasteiger charge is -2.27. The van der Waals surface area contributed by atoms with Crippen LogP contribution in [0, 0.1) is 11.8 Å². The molecular weight excluding hydrogens is 310 g/mol. The molecule has 0 heterocycles. The summed E-state index contributed by atoms with van der Waals surface area (Å²) in [7, 11) is 0. The molecule has 1 aliphatic rings. The highest BCUT2D eigenvalue weighted by atomic mass is 79.9. The topological polar surface area (TPSA) is 66.4 Å². The van der Waals surface area contributed by atoms with Crippen molar-refractivity contribution in [3.05, 3.63) is 28.7 Å². The van der Waals surface area contributed by atoms with Crippen LogP contribution < -0.4 is 5.32 Å². The van der Waals surface area contributed by atoms with Crippen molar-refractivity contribution in [2.45, 2.75) is 25.7 Å². The van der Waals surface area contributed by atoms with Crippen molar-refractivity contribution in [2.24, 2.45) is 11.8 Å². The van der Waals surface area contributed by atoms with Gasteiger partial charge in [0.15, 0.2) is 0 Å². The minimum absolute atomic E-state index is 0.186. The Bertz CT molecular complexity index is 472. The number of anilines is 1. The van der Waals surface area contributed by atoms with Crippen molar-refractivity contribution in [3.8, 4) is 0 Å². The fourth-order valence-electron chi connectivity index (χ4n) is 2.51. The van der Waals surface area contributed by atoms with Gasteiger partial charge in [0.05, 0.1) is 11.8 Å². The van der Waals surface area contributed by atoms with E-state index in [2.05, 4.69) is 21.2 Å². The molecule has 5 heteroatoms. The van der Waals surface area contributed by atoms with Crippen molar-refractivity contribution in [1.29, 1.82) is 0 Å². The quantitative estimate of drug-likeness (QED) is 0.896. The zero-order valence-electron chi connectivity index (χ0n) is 10.4. The molecule has 0 saturated heterocycles. The van der Waals surface area contributed by atoms with Gasteiger partial charge in [-0.05, 0) is 37.1 Å². The Hall–Kier alpha value is -1.36. The van der Waals surface area contributed by atoms with Gasteiger partial charge in [0.1, 0.15) is 0 Å². The van der Waals surface area contributed by atoms with Gasteiger partial charge in [-0.15, -0.1) is 0 Å². The molecule has 1 aromatic rings. The average Bonchev–Trinajstić information content (AvgIpc) is 2.41. The molecule has 1 fully saturated rings. The van der Waals surface area contributed by atoms with Crippen LogP contribution in [-0.4, -0.2) is 17.0 Å². The highest BCUT2D eigenvalue weighted by molar-refractivity contribution is 9.10. The summed E-state index contributed by atoms with van der Waals surface area (Å²) in [5.41, 5.74) is 0.697. The first kappa shape index (κ1) is 14.1. The minimum Gasteiger partial charge on any atom is -0.481 e. The highest BCUT2D eigenvalue weighted by Gasteiger charge is 2.35. The number of hydrogen-bond acceptors (Lipinski definition) is 2. The van der Waals surface area contributed by atoms with E-state index in [1.54, 1.807) is 12.1 Å². The Morgan fingerprint density at radius 3 is 2.26 bits per heavy atom. The minimum atomic E-state index is -0.865. The average molecular weight is 326 g/mol. The summed E-state index contributed by atoms with van der Waals surface area (Å²) in [4.78, 5) is 23.4. The molecule has 1 amide bonds. The monoisotopic (exact) mass is 325 g/mol. The molecule has 1 aliphatic carbocycles. The van der Waals surface area contributed by atoms with E-state index < -0.39 is 17.8 Å². The Kier molecular flexibility index (Phi) is 4.58. The van der Waals surface area contributed by atoms with Gasteiger partial charge in [0.2, 0.25) is 5.91 Å². The van der Waals surface area contributed by atoms with Crippen LogP contribution in [0.5, 0.6) is 0 Å². The van der Waals surface area contributed by atoms with Gasteiger partial charge < -0.3 is 10.4 Å². The second kappa shape index (κ2) is 6.19. The SMILES string of the molecule is O=C(Nc1ccc(Br)cc1)[C@H]1CCCC[C@H]1C(=O)O. The lowest BCUT2D eigenvalue weighted by Crippen LogP contribution is -2.36. The number of amides is 1. The number of hydrogen-bond donors (Lipinski definition) is 2. The molecule has 2 rings (SSSR count). The molecule has 1 aromatic carbocycles. The molecule has 0 aromatic heterocycles. The predicted octanol–water partition coefficient (Wildman–Crippen LogP) is 3.28. The van der Waals surface area contributed by atoms with E-state index in [9.17, 15) is 14.7 Å². The van der Waals surface area contributed by atoms with Gasteiger partial charge in [-0.25, -0.2) is 0 Å². The molecule has 0 aliphatic heterocycles. The fraction of sp³-hybridized carbons (Fsp3) is 0.429. The van der Waals surface area contributed by atoms with Gasteiger partial charge in [-0.2, -0.15) is 0 Å². The Morgan fingerprint density at radius 2 is 1.68 bits per heavy atom. The predicted molar refractivity (Wildman–Crippen MR) is 75.9 cm³/mol. The zero-order valence-corrected chi connectivity index (χ0v) is 12.0. The van der Waals surface area contributed by atoms with Crippen LogP contribution in [0.2, 0.25) is 0 Å². The van der Waals surface area contributed by atoms with Crippen LogP contribution >= 0.6 is 15.9 Å². The van der Waals surface area contributed by atoms with E-state index >= 15 is 0 Å². The summed E-state index contributed by atoms with van der Waals surface area (Å²) in [6, 6.07) is 7.26. The molecule has 2 atom stereocenters. The third-order valence-electron chi connectivity index (χ3n) is 3.53. The van der Waals surface area contributed by atoms with E-state index in [1.807, 2.05) is 12.1 Å². The molecule has 0 spiro atoms. The second-order valence-corrected chi connectivity index (χ2v) is 5.75. The van der Waals surface area contributed by atoms with Gasteiger partial charge in [-0.1, -0.05) is 28.8 Å². The maximum absolute atomic E-state index is 12.2. The lowest BCUT2D eigenvalue weighted by molar-refractivity contribution is -0.147.